The van der Waals surface area contributed by atoms with Crippen LogP contribution in [0.15, 0.2) is 23.5 Å². The number of aryl methyl sites for hydroxylation is 1. The first-order valence-corrected chi connectivity index (χ1v) is 8.56. The van der Waals surface area contributed by atoms with Crippen LogP contribution in [0.2, 0.25) is 0 Å². The molecule has 2 N–H and O–H groups in total. The maximum atomic E-state index is 5.52. The number of hydrogen-bond acceptors (Lipinski definition) is 3. The smallest absolute Gasteiger partial charge is 0.191 e. The van der Waals surface area contributed by atoms with E-state index in [1.54, 1.807) is 0 Å². The van der Waals surface area contributed by atoms with E-state index in [2.05, 4.69) is 53.6 Å². The minimum absolute atomic E-state index is 0. The molecule has 1 aromatic rings. The molecule has 2 rings (SSSR count). The van der Waals surface area contributed by atoms with E-state index in [4.69, 9.17) is 4.74 Å². The zero-order chi connectivity index (χ0) is 16.7. The lowest BCUT2D eigenvalue weighted by atomic mass is 10.2. The maximum absolute atomic E-state index is 5.52. The summed E-state index contributed by atoms with van der Waals surface area (Å²) in [5.41, 5.74) is 1.22. The van der Waals surface area contributed by atoms with Crippen molar-refractivity contribution in [1.29, 1.82) is 0 Å². The third kappa shape index (κ3) is 6.60. The topological polar surface area (TPSA) is 53.8 Å². The molecule has 2 unspecified atom stereocenters. The SMILES string of the molecule is CCNC(=NCc1ccn(C)c1)NCC(C)N1CCOCC1C.I. The van der Waals surface area contributed by atoms with Crippen LogP contribution in [0, 0.1) is 0 Å². The Balaban J connectivity index is 0.00000288. The average Bonchev–Trinajstić information content (AvgIpc) is 2.95. The predicted molar refractivity (Wildman–Crippen MR) is 110 cm³/mol. The number of nitrogens with zero attached hydrogens (tertiary/aromatic N) is 3. The van der Waals surface area contributed by atoms with Crippen molar-refractivity contribution in [2.75, 3.05) is 32.8 Å². The fourth-order valence-corrected chi connectivity index (χ4v) is 2.92. The van der Waals surface area contributed by atoms with Crippen molar-refractivity contribution in [2.24, 2.45) is 12.0 Å². The van der Waals surface area contributed by atoms with Crippen molar-refractivity contribution in [3.63, 3.8) is 0 Å². The molecule has 0 radical (unpaired) electrons. The molecule has 1 aromatic heterocycles. The maximum Gasteiger partial charge on any atom is 0.191 e. The second kappa shape index (κ2) is 10.9. The molecule has 0 amide bonds. The summed E-state index contributed by atoms with van der Waals surface area (Å²) < 4.78 is 7.56. The Labute approximate surface area is 163 Å². The van der Waals surface area contributed by atoms with Crippen LogP contribution < -0.4 is 10.6 Å². The lowest BCUT2D eigenvalue weighted by Crippen LogP contribution is -2.53. The summed E-state index contributed by atoms with van der Waals surface area (Å²) in [6.07, 6.45) is 4.15. The van der Waals surface area contributed by atoms with E-state index in [0.717, 1.165) is 38.8 Å². The molecule has 6 nitrogen and oxygen atoms in total. The standard InChI is InChI=1S/C17H31N5O.HI/c1-5-18-17(20-11-16-6-7-21(4)12-16)19-10-14(2)22-8-9-23-13-15(22)3;/h6-7,12,14-15H,5,8-11,13H2,1-4H3,(H2,18,19,20);1H. The van der Waals surface area contributed by atoms with Crippen molar-refractivity contribution in [3.8, 4) is 0 Å². The lowest BCUT2D eigenvalue weighted by molar-refractivity contribution is -0.0174. The van der Waals surface area contributed by atoms with Gasteiger partial charge in [-0.1, -0.05) is 0 Å². The summed E-state index contributed by atoms with van der Waals surface area (Å²) in [5.74, 6) is 0.879. The average molecular weight is 449 g/mol. The number of ether oxygens (including phenoxy) is 1. The first-order chi connectivity index (χ1) is 11.1. The Morgan fingerprint density at radius 2 is 2.25 bits per heavy atom. The van der Waals surface area contributed by atoms with Crippen LogP contribution in [0.1, 0.15) is 26.3 Å². The molecule has 1 saturated heterocycles. The molecule has 0 spiro atoms. The number of guanidine groups is 1. The first-order valence-electron chi connectivity index (χ1n) is 8.56. The molecule has 0 aromatic carbocycles. The molecule has 0 saturated carbocycles. The van der Waals surface area contributed by atoms with Crippen LogP contribution in [-0.2, 0) is 18.3 Å². The van der Waals surface area contributed by atoms with Crippen LogP contribution in [0.5, 0.6) is 0 Å². The molecule has 7 heteroatoms. The van der Waals surface area contributed by atoms with Gasteiger partial charge in [0.05, 0.1) is 19.8 Å². The highest BCUT2D eigenvalue weighted by atomic mass is 127. The number of aromatic nitrogens is 1. The van der Waals surface area contributed by atoms with Crippen molar-refractivity contribution in [3.05, 3.63) is 24.0 Å². The molecule has 1 aliphatic heterocycles. The molecule has 0 bridgehead atoms. The highest BCUT2D eigenvalue weighted by molar-refractivity contribution is 14.0. The molecule has 2 heterocycles. The summed E-state index contributed by atoms with van der Waals surface area (Å²) in [6.45, 7) is 11.7. The van der Waals surface area contributed by atoms with Gasteiger partial charge in [0.15, 0.2) is 5.96 Å². The molecule has 1 fully saturated rings. The molecule has 1 aliphatic rings. The van der Waals surface area contributed by atoms with Crippen LogP contribution in [0.25, 0.3) is 0 Å². The zero-order valence-electron chi connectivity index (χ0n) is 15.3. The van der Waals surface area contributed by atoms with Gasteiger partial charge in [-0.05, 0) is 32.4 Å². The number of halogens is 1. The Kier molecular flexibility index (Phi) is 9.68. The summed E-state index contributed by atoms with van der Waals surface area (Å²) in [6, 6.07) is 3.03. The van der Waals surface area contributed by atoms with Crippen molar-refractivity contribution in [1.82, 2.24) is 20.1 Å². The third-order valence-electron chi connectivity index (χ3n) is 4.21. The second-order valence-corrected chi connectivity index (χ2v) is 6.27. The van der Waals surface area contributed by atoms with E-state index < -0.39 is 0 Å². The van der Waals surface area contributed by atoms with Crippen LogP contribution in [-0.4, -0.2) is 60.4 Å². The molecular weight excluding hydrogens is 417 g/mol. The highest BCUT2D eigenvalue weighted by Crippen LogP contribution is 2.10. The van der Waals surface area contributed by atoms with Gasteiger partial charge < -0.3 is 19.9 Å². The number of rotatable bonds is 6. The zero-order valence-corrected chi connectivity index (χ0v) is 17.6. The van der Waals surface area contributed by atoms with Crippen molar-refractivity contribution < 1.29 is 4.74 Å². The van der Waals surface area contributed by atoms with Gasteiger partial charge in [-0.15, -0.1) is 24.0 Å². The van der Waals surface area contributed by atoms with E-state index >= 15 is 0 Å². The Morgan fingerprint density at radius 1 is 1.46 bits per heavy atom. The normalized spacial score (nSPS) is 20.3. The van der Waals surface area contributed by atoms with Crippen molar-refractivity contribution >= 4 is 29.9 Å². The van der Waals surface area contributed by atoms with E-state index in [-0.39, 0.29) is 24.0 Å². The molecule has 138 valence electrons. The van der Waals surface area contributed by atoms with Crippen LogP contribution in [0.3, 0.4) is 0 Å². The van der Waals surface area contributed by atoms with Crippen LogP contribution in [0.4, 0.5) is 0 Å². The fourth-order valence-electron chi connectivity index (χ4n) is 2.92. The highest BCUT2D eigenvalue weighted by Gasteiger charge is 2.23. The van der Waals surface area contributed by atoms with Crippen LogP contribution >= 0.6 is 24.0 Å². The summed E-state index contributed by atoms with van der Waals surface area (Å²) >= 11 is 0. The molecule has 2 atom stereocenters. The van der Waals surface area contributed by atoms with E-state index in [9.17, 15) is 0 Å². The van der Waals surface area contributed by atoms with Gasteiger partial charge in [-0.25, -0.2) is 4.99 Å². The Morgan fingerprint density at radius 3 is 2.88 bits per heavy atom. The van der Waals surface area contributed by atoms with Gasteiger partial charge in [-0.3, -0.25) is 4.90 Å². The van der Waals surface area contributed by atoms with Gasteiger partial charge in [0.1, 0.15) is 0 Å². The van der Waals surface area contributed by atoms with E-state index in [0.29, 0.717) is 18.6 Å². The second-order valence-electron chi connectivity index (χ2n) is 6.27. The van der Waals surface area contributed by atoms with E-state index in [1.807, 2.05) is 17.8 Å². The third-order valence-corrected chi connectivity index (χ3v) is 4.21. The summed E-state index contributed by atoms with van der Waals surface area (Å²) in [7, 11) is 2.03. The monoisotopic (exact) mass is 449 g/mol. The van der Waals surface area contributed by atoms with Gasteiger partial charge in [-0.2, -0.15) is 0 Å². The predicted octanol–water partition coefficient (Wildman–Crippen LogP) is 1.81. The number of nitrogens with one attached hydrogen (secondary N) is 2. The van der Waals surface area contributed by atoms with Gasteiger partial charge in [0, 0.05) is 51.2 Å². The quantitative estimate of drug-likeness (QED) is 0.395. The van der Waals surface area contributed by atoms with Gasteiger partial charge in [0.2, 0.25) is 0 Å². The minimum atomic E-state index is 0. The molecule has 24 heavy (non-hydrogen) atoms. The summed E-state index contributed by atoms with van der Waals surface area (Å²) in [5, 5.41) is 6.78. The number of hydrogen-bond donors (Lipinski definition) is 2. The fraction of sp³-hybridized carbons (Fsp3) is 0.706. The number of morpholine rings is 1. The van der Waals surface area contributed by atoms with Gasteiger partial charge >= 0.3 is 0 Å². The number of aliphatic imine (C=N–C) groups is 1. The molecule has 0 aliphatic carbocycles. The Bertz CT molecular complexity index is 505. The Hall–Kier alpha value is -0.800. The largest absolute Gasteiger partial charge is 0.379 e. The van der Waals surface area contributed by atoms with Gasteiger partial charge in [0.25, 0.3) is 0 Å². The first kappa shape index (κ1) is 21.2. The van der Waals surface area contributed by atoms with E-state index in [1.165, 1.54) is 5.56 Å². The van der Waals surface area contributed by atoms with Crippen molar-refractivity contribution in [2.45, 2.75) is 39.4 Å². The summed E-state index contributed by atoms with van der Waals surface area (Å²) in [4.78, 5) is 7.17. The minimum Gasteiger partial charge on any atom is -0.379 e. The molecular formula is C17H32IN5O. The lowest BCUT2D eigenvalue weighted by Gasteiger charge is -2.38.